The Morgan fingerprint density at radius 1 is 1.60 bits per heavy atom. The van der Waals surface area contributed by atoms with E-state index < -0.39 is 0 Å². The topological polar surface area (TPSA) is 37.8 Å². The SMILES string of the molecule is Clc1nncc2c1CCN2. The fourth-order valence-corrected chi connectivity index (χ4v) is 1.34. The van der Waals surface area contributed by atoms with Gasteiger partial charge >= 0.3 is 0 Å². The van der Waals surface area contributed by atoms with E-state index in [-0.39, 0.29) is 0 Å². The number of fused-ring (bicyclic) bond motifs is 1. The average molecular weight is 156 g/mol. The monoisotopic (exact) mass is 155 g/mol. The van der Waals surface area contributed by atoms with Crippen LogP contribution in [0.25, 0.3) is 0 Å². The standard InChI is InChI=1S/C6H6ClN3/c7-6-4-1-2-8-5(4)3-9-10-6/h3,8H,1-2H2. The molecule has 0 unspecified atom stereocenters. The Kier molecular flexibility index (Phi) is 1.24. The molecule has 1 aliphatic rings. The first-order valence-corrected chi connectivity index (χ1v) is 3.49. The smallest absolute Gasteiger partial charge is 0.157 e. The zero-order valence-electron chi connectivity index (χ0n) is 5.26. The lowest BCUT2D eigenvalue weighted by Crippen LogP contribution is -1.91. The maximum atomic E-state index is 5.76. The predicted molar refractivity (Wildman–Crippen MR) is 39.2 cm³/mol. The van der Waals surface area contributed by atoms with Crippen LogP contribution in [0.4, 0.5) is 5.69 Å². The van der Waals surface area contributed by atoms with Gasteiger partial charge < -0.3 is 5.32 Å². The van der Waals surface area contributed by atoms with Crippen molar-refractivity contribution in [3.8, 4) is 0 Å². The normalized spacial score (nSPS) is 14.5. The number of halogens is 1. The van der Waals surface area contributed by atoms with Crippen molar-refractivity contribution in [2.45, 2.75) is 6.42 Å². The molecule has 0 aromatic carbocycles. The van der Waals surface area contributed by atoms with E-state index >= 15 is 0 Å². The summed E-state index contributed by atoms with van der Waals surface area (Å²) >= 11 is 5.76. The van der Waals surface area contributed by atoms with Crippen molar-refractivity contribution < 1.29 is 0 Å². The summed E-state index contributed by atoms with van der Waals surface area (Å²) < 4.78 is 0. The highest BCUT2D eigenvalue weighted by molar-refractivity contribution is 6.30. The molecular weight excluding hydrogens is 150 g/mol. The third-order valence-electron chi connectivity index (χ3n) is 1.60. The van der Waals surface area contributed by atoms with Gasteiger partial charge in [-0.15, -0.1) is 5.10 Å². The average Bonchev–Trinajstić information content (AvgIpc) is 2.36. The van der Waals surface area contributed by atoms with Gasteiger partial charge in [0.15, 0.2) is 5.15 Å². The van der Waals surface area contributed by atoms with Crippen molar-refractivity contribution >= 4 is 17.3 Å². The summed E-state index contributed by atoms with van der Waals surface area (Å²) in [7, 11) is 0. The minimum absolute atomic E-state index is 0.530. The number of aromatic nitrogens is 2. The molecule has 1 aliphatic heterocycles. The molecule has 0 atom stereocenters. The van der Waals surface area contributed by atoms with Gasteiger partial charge in [0.25, 0.3) is 0 Å². The van der Waals surface area contributed by atoms with Crippen molar-refractivity contribution in [3.63, 3.8) is 0 Å². The van der Waals surface area contributed by atoms with Crippen LogP contribution in [0, 0.1) is 0 Å². The molecule has 0 amide bonds. The largest absolute Gasteiger partial charge is 0.383 e. The number of rotatable bonds is 0. The molecule has 0 spiro atoms. The molecule has 0 saturated heterocycles. The molecule has 0 radical (unpaired) electrons. The van der Waals surface area contributed by atoms with E-state index in [2.05, 4.69) is 15.5 Å². The van der Waals surface area contributed by atoms with Gasteiger partial charge in [-0.2, -0.15) is 5.10 Å². The maximum absolute atomic E-state index is 5.76. The first-order valence-electron chi connectivity index (χ1n) is 3.12. The minimum Gasteiger partial charge on any atom is -0.383 e. The van der Waals surface area contributed by atoms with Gasteiger partial charge in [0.05, 0.1) is 11.9 Å². The van der Waals surface area contributed by atoms with E-state index in [1.807, 2.05) is 0 Å². The Labute approximate surface area is 63.4 Å². The Bertz CT molecular complexity index is 261. The molecule has 0 bridgehead atoms. The van der Waals surface area contributed by atoms with Gasteiger partial charge in [-0.1, -0.05) is 11.6 Å². The van der Waals surface area contributed by atoms with Gasteiger partial charge in [0, 0.05) is 12.1 Å². The Balaban J connectivity index is 2.59. The number of nitrogens with one attached hydrogen (secondary N) is 1. The fraction of sp³-hybridized carbons (Fsp3) is 0.333. The highest BCUT2D eigenvalue weighted by atomic mass is 35.5. The molecule has 2 rings (SSSR count). The molecule has 1 aromatic rings. The summed E-state index contributed by atoms with van der Waals surface area (Å²) in [5, 5.41) is 11.1. The molecule has 3 nitrogen and oxygen atoms in total. The Morgan fingerprint density at radius 2 is 2.50 bits per heavy atom. The molecule has 0 aliphatic carbocycles. The van der Waals surface area contributed by atoms with Crippen molar-refractivity contribution in [1.29, 1.82) is 0 Å². The third-order valence-corrected chi connectivity index (χ3v) is 1.90. The van der Waals surface area contributed by atoms with Crippen LogP contribution in [0.3, 0.4) is 0 Å². The van der Waals surface area contributed by atoms with Gasteiger partial charge in [0.1, 0.15) is 0 Å². The third kappa shape index (κ3) is 0.743. The lowest BCUT2D eigenvalue weighted by Gasteiger charge is -1.96. The predicted octanol–water partition coefficient (Wildman–Crippen LogP) is 1.10. The summed E-state index contributed by atoms with van der Waals surface area (Å²) in [6.45, 7) is 0.947. The molecule has 1 N–H and O–H groups in total. The summed E-state index contributed by atoms with van der Waals surface area (Å²) in [5.41, 5.74) is 2.12. The molecule has 10 heavy (non-hydrogen) atoms. The van der Waals surface area contributed by atoms with Gasteiger partial charge in [-0.25, -0.2) is 0 Å². The second-order valence-electron chi connectivity index (χ2n) is 2.20. The first-order chi connectivity index (χ1) is 4.88. The zero-order chi connectivity index (χ0) is 6.97. The zero-order valence-corrected chi connectivity index (χ0v) is 6.02. The van der Waals surface area contributed by atoms with Crippen LogP contribution >= 0.6 is 11.6 Å². The van der Waals surface area contributed by atoms with E-state index in [1.165, 1.54) is 0 Å². The van der Waals surface area contributed by atoms with E-state index in [9.17, 15) is 0 Å². The number of nitrogens with zero attached hydrogens (tertiary/aromatic N) is 2. The van der Waals surface area contributed by atoms with Crippen LogP contribution in [0.1, 0.15) is 5.56 Å². The second kappa shape index (κ2) is 2.09. The summed E-state index contributed by atoms with van der Waals surface area (Å²) in [6, 6.07) is 0. The van der Waals surface area contributed by atoms with E-state index in [4.69, 9.17) is 11.6 Å². The molecular formula is C6H6ClN3. The summed E-state index contributed by atoms with van der Waals surface area (Å²) in [4.78, 5) is 0. The first kappa shape index (κ1) is 5.92. The molecule has 2 heterocycles. The quantitative estimate of drug-likeness (QED) is 0.610. The van der Waals surface area contributed by atoms with E-state index in [0.29, 0.717) is 5.15 Å². The van der Waals surface area contributed by atoms with Crippen molar-refractivity contribution in [2.75, 3.05) is 11.9 Å². The van der Waals surface area contributed by atoms with Crippen LogP contribution in [-0.2, 0) is 6.42 Å². The maximum Gasteiger partial charge on any atom is 0.157 e. The highest BCUT2D eigenvalue weighted by Gasteiger charge is 2.13. The second-order valence-corrected chi connectivity index (χ2v) is 2.56. The number of hydrogen-bond acceptors (Lipinski definition) is 3. The van der Waals surface area contributed by atoms with Gasteiger partial charge in [-0.3, -0.25) is 0 Å². The molecule has 1 aromatic heterocycles. The molecule has 0 saturated carbocycles. The van der Waals surface area contributed by atoms with Crippen molar-refractivity contribution in [1.82, 2.24) is 10.2 Å². The Morgan fingerprint density at radius 3 is 3.30 bits per heavy atom. The highest BCUT2D eigenvalue weighted by Crippen LogP contribution is 2.25. The van der Waals surface area contributed by atoms with Crippen molar-refractivity contribution in [2.24, 2.45) is 0 Å². The van der Waals surface area contributed by atoms with Gasteiger partial charge in [-0.05, 0) is 6.42 Å². The van der Waals surface area contributed by atoms with E-state index in [1.54, 1.807) is 6.20 Å². The molecule has 0 fully saturated rings. The minimum atomic E-state index is 0.530. The van der Waals surface area contributed by atoms with Crippen molar-refractivity contribution in [3.05, 3.63) is 16.9 Å². The van der Waals surface area contributed by atoms with Crippen LogP contribution < -0.4 is 5.32 Å². The lowest BCUT2D eigenvalue weighted by atomic mass is 10.2. The molecule has 52 valence electrons. The van der Waals surface area contributed by atoms with Gasteiger partial charge in [0.2, 0.25) is 0 Å². The van der Waals surface area contributed by atoms with E-state index in [0.717, 1.165) is 24.2 Å². The Hall–Kier alpha value is -0.830. The summed E-state index contributed by atoms with van der Waals surface area (Å²) in [5.74, 6) is 0. The molecule has 4 heteroatoms. The van der Waals surface area contributed by atoms with Crippen LogP contribution in [0.5, 0.6) is 0 Å². The fourth-order valence-electron chi connectivity index (χ4n) is 1.10. The van der Waals surface area contributed by atoms with Crippen LogP contribution in [-0.4, -0.2) is 16.7 Å². The number of hydrogen-bond donors (Lipinski definition) is 1. The lowest BCUT2D eigenvalue weighted by molar-refractivity contribution is 1.01. The van der Waals surface area contributed by atoms with Crippen LogP contribution in [0.15, 0.2) is 6.20 Å². The number of anilines is 1. The van der Waals surface area contributed by atoms with Crippen LogP contribution in [0.2, 0.25) is 5.15 Å². The summed E-state index contributed by atoms with van der Waals surface area (Å²) in [6.07, 6.45) is 2.66.